The van der Waals surface area contributed by atoms with E-state index < -0.39 is 69.9 Å². The predicted molar refractivity (Wildman–Crippen MR) is 135 cm³/mol. The lowest BCUT2D eigenvalue weighted by atomic mass is 9.57. The lowest BCUT2D eigenvalue weighted by molar-refractivity contribution is -0.153. The number of hydrogen-bond donors (Lipinski definition) is 6. The van der Waals surface area contributed by atoms with Crippen LogP contribution >= 0.6 is 0 Å². The number of primary amides is 1. The van der Waals surface area contributed by atoms with Crippen molar-refractivity contribution in [2.45, 2.75) is 24.5 Å². The van der Waals surface area contributed by atoms with Gasteiger partial charge in [0, 0.05) is 31.3 Å². The van der Waals surface area contributed by atoms with Gasteiger partial charge in [0.2, 0.25) is 5.78 Å². The van der Waals surface area contributed by atoms with Crippen LogP contribution in [0.3, 0.4) is 0 Å². The molecule has 1 saturated carbocycles. The van der Waals surface area contributed by atoms with Gasteiger partial charge in [-0.3, -0.25) is 24.6 Å². The van der Waals surface area contributed by atoms with Gasteiger partial charge in [0.25, 0.3) is 5.91 Å². The van der Waals surface area contributed by atoms with Crippen molar-refractivity contribution in [3.05, 3.63) is 34.1 Å². The van der Waals surface area contributed by atoms with E-state index in [1.165, 1.54) is 25.1 Å². The average molecular weight is 531 g/mol. The van der Waals surface area contributed by atoms with Crippen molar-refractivity contribution in [3.8, 4) is 5.75 Å². The van der Waals surface area contributed by atoms with Gasteiger partial charge in [0.05, 0.1) is 24.4 Å². The Bertz CT molecular complexity index is 1350. The Morgan fingerprint density at radius 1 is 1.16 bits per heavy atom. The summed E-state index contributed by atoms with van der Waals surface area (Å²) in [6.07, 6.45) is -0.789. The summed E-state index contributed by atoms with van der Waals surface area (Å²) in [5, 5.41) is 47.3. The van der Waals surface area contributed by atoms with Crippen LogP contribution in [0.4, 0.5) is 16.2 Å². The van der Waals surface area contributed by atoms with Gasteiger partial charge in [-0.2, -0.15) is 0 Å². The van der Waals surface area contributed by atoms with Gasteiger partial charge in [-0.15, -0.1) is 0 Å². The number of ether oxygens (including phenoxy) is 1. The highest BCUT2D eigenvalue weighted by Crippen LogP contribution is 2.54. The van der Waals surface area contributed by atoms with Crippen LogP contribution in [0.25, 0.3) is 5.76 Å². The number of aromatic hydroxyl groups is 1. The maximum Gasteiger partial charge on any atom is 0.411 e. The van der Waals surface area contributed by atoms with Gasteiger partial charge < -0.3 is 35.8 Å². The molecule has 0 radical (unpaired) electrons. The van der Waals surface area contributed by atoms with Crippen LogP contribution in [0.15, 0.2) is 23.0 Å². The van der Waals surface area contributed by atoms with E-state index in [0.29, 0.717) is 11.3 Å². The van der Waals surface area contributed by atoms with E-state index in [9.17, 15) is 39.6 Å². The fraction of sp³-hybridized carbons (Fsp3) is 0.440. The number of phenols is 1. The quantitative estimate of drug-likeness (QED) is 0.229. The van der Waals surface area contributed by atoms with Crippen LogP contribution in [-0.2, 0) is 25.5 Å². The Morgan fingerprint density at radius 2 is 1.79 bits per heavy atom. The summed E-state index contributed by atoms with van der Waals surface area (Å²) >= 11 is 0. The van der Waals surface area contributed by atoms with Crippen LogP contribution in [0.1, 0.15) is 17.5 Å². The monoisotopic (exact) mass is 530 g/mol. The number of ketones is 2. The summed E-state index contributed by atoms with van der Waals surface area (Å²) < 4.78 is 4.60. The number of phenolic OH excluding ortho intramolecular Hbond substituents is 1. The van der Waals surface area contributed by atoms with Crippen molar-refractivity contribution >= 4 is 40.7 Å². The first-order chi connectivity index (χ1) is 17.7. The summed E-state index contributed by atoms with van der Waals surface area (Å²) in [4.78, 5) is 54.1. The molecule has 1 aromatic carbocycles. The number of benzene rings is 1. The van der Waals surface area contributed by atoms with Crippen molar-refractivity contribution in [1.82, 2.24) is 4.90 Å². The van der Waals surface area contributed by atoms with Crippen molar-refractivity contribution in [2.24, 2.45) is 17.6 Å². The largest absolute Gasteiger partial charge is 0.508 e. The number of amides is 2. The Hall–Kier alpha value is -4.10. The molecule has 1 fully saturated rings. The van der Waals surface area contributed by atoms with Gasteiger partial charge >= 0.3 is 6.09 Å². The second kappa shape index (κ2) is 9.03. The molecule has 204 valence electrons. The number of nitrogens with zero attached hydrogens (tertiary/aromatic N) is 2. The molecule has 0 saturated heterocycles. The minimum atomic E-state index is -2.73. The van der Waals surface area contributed by atoms with E-state index in [0.717, 1.165) is 7.11 Å². The summed E-state index contributed by atoms with van der Waals surface area (Å²) in [5.74, 6) is -7.48. The average Bonchev–Trinajstić information content (AvgIpc) is 2.82. The SMILES string of the molecule is COC(=O)Nc1cc(N(C)C)c2c(c1O)C(O)=C1C(=O)C3(O)C(O)=C(C(N)=O)C(=O)C(N(C)C)C3CC1C2. The topological polar surface area (TPSA) is 203 Å². The molecule has 3 aliphatic rings. The van der Waals surface area contributed by atoms with Gasteiger partial charge in [0.15, 0.2) is 17.1 Å². The third-order valence-corrected chi connectivity index (χ3v) is 7.60. The van der Waals surface area contributed by atoms with E-state index in [4.69, 9.17) is 5.73 Å². The molecule has 1 aromatic rings. The van der Waals surface area contributed by atoms with Crippen molar-refractivity contribution in [2.75, 3.05) is 45.5 Å². The molecule has 0 aliphatic heterocycles. The molecule has 38 heavy (non-hydrogen) atoms. The highest BCUT2D eigenvalue weighted by atomic mass is 16.5. The number of nitrogens with one attached hydrogen (secondary N) is 1. The highest BCUT2D eigenvalue weighted by Gasteiger charge is 2.64. The number of anilines is 2. The van der Waals surface area contributed by atoms with E-state index in [-0.39, 0.29) is 29.7 Å². The van der Waals surface area contributed by atoms with Gasteiger partial charge in [-0.1, -0.05) is 0 Å². The number of rotatable bonds is 4. The molecule has 13 heteroatoms. The molecule has 4 atom stereocenters. The zero-order valence-corrected chi connectivity index (χ0v) is 21.5. The maximum absolute atomic E-state index is 13.9. The molecule has 0 aromatic heterocycles. The summed E-state index contributed by atoms with van der Waals surface area (Å²) in [7, 11) is 7.63. The van der Waals surface area contributed by atoms with Crippen molar-refractivity contribution in [1.29, 1.82) is 0 Å². The fourth-order valence-corrected chi connectivity index (χ4v) is 5.95. The van der Waals surface area contributed by atoms with E-state index in [1.54, 1.807) is 19.0 Å². The minimum absolute atomic E-state index is 0.0262. The molecule has 0 heterocycles. The molecular weight excluding hydrogens is 500 g/mol. The fourth-order valence-electron chi connectivity index (χ4n) is 5.95. The number of nitrogens with two attached hydrogens (primary N) is 1. The molecule has 4 unspecified atom stereocenters. The second-order valence-corrected chi connectivity index (χ2v) is 10.1. The molecule has 7 N–H and O–H groups in total. The number of hydrogen-bond acceptors (Lipinski definition) is 11. The Morgan fingerprint density at radius 3 is 2.32 bits per heavy atom. The maximum atomic E-state index is 13.9. The molecular formula is C25H30N4O9. The minimum Gasteiger partial charge on any atom is -0.508 e. The van der Waals surface area contributed by atoms with Gasteiger partial charge in [-0.05, 0) is 44.5 Å². The predicted octanol–water partition coefficient (Wildman–Crippen LogP) is 0.208. The number of carbonyl (C=O) groups excluding carboxylic acids is 4. The number of carbonyl (C=O) groups is 4. The standard InChI is InChI=1S/C25H30N4O9/c1-28(2)13-8-12(27-24(36)38-5)18(30)15-10(13)6-9-7-11-17(29(3)4)20(32)16(23(26)35)22(34)25(11,37)21(33)14(9)19(15)31/h8-9,11,17,30-31,34,37H,6-7H2,1-5H3,(H2,26,35)(H,27,36). The molecule has 2 amide bonds. The lowest BCUT2D eigenvalue weighted by Crippen LogP contribution is -2.65. The molecule has 0 spiro atoms. The van der Waals surface area contributed by atoms with E-state index in [2.05, 4.69) is 10.1 Å². The molecule has 3 aliphatic carbocycles. The van der Waals surface area contributed by atoms with Crippen molar-refractivity contribution in [3.63, 3.8) is 0 Å². The smallest absolute Gasteiger partial charge is 0.411 e. The third kappa shape index (κ3) is 3.61. The molecule has 0 bridgehead atoms. The number of methoxy groups -OCH3 is 1. The second-order valence-electron chi connectivity index (χ2n) is 10.1. The number of aliphatic hydroxyl groups is 3. The number of fused-ring (bicyclic) bond motifs is 3. The Kier molecular flexibility index (Phi) is 6.40. The van der Waals surface area contributed by atoms with E-state index >= 15 is 0 Å². The first-order valence-electron chi connectivity index (χ1n) is 11.7. The van der Waals surface area contributed by atoms with Crippen LogP contribution < -0.4 is 16.0 Å². The first-order valence-corrected chi connectivity index (χ1v) is 11.7. The Balaban J connectivity index is 1.99. The van der Waals surface area contributed by atoms with Gasteiger partial charge in [0.1, 0.15) is 17.1 Å². The zero-order chi connectivity index (χ0) is 28.4. The zero-order valence-electron chi connectivity index (χ0n) is 21.5. The van der Waals surface area contributed by atoms with E-state index in [1.807, 2.05) is 0 Å². The van der Waals surface area contributed by atoms with Crippen LogP contribution in [0, 0.1) is 11.8 Å². The first kappa shape index (κ1) is 26.9. The summed E-state index contributed by atoms with van der Waals surface area (Å²) in [6, 6.07) is 0.325. The van der Waals surface area contributed by atoms with Crippen LogP contribution in [0.5, 0.6) is 5.75 Å². The molecule has 4 rings (SSSR count). The third-order valence-electron chi connectivity index (χ3n) is 7.60. The lowest BCUT2D eigenvalue weighted by Gasteiger charge is -2.50. The highest BCUT2D eigenvalue weighted by molar-refractivity contribution is 6.24. The van der Waals surface area contributed by atoms with Gasteiger partial charge in [-0.25, -0.2) is 4.79 Å². The summed E-state index contributed by atoms with van der Waals surface area (Å²) in [5.41, 5.74) is 2.18. The number of likely N-dealkylation sites (N-methyl/N-ethyl adjacent to an activating group) is 1. The number of Topliss-reactive ketones (excluding diaryl/α,β-unsaturated/α-hetero) is 2. The van der Waals surface area contributed by atoms with Crippen LogP contribution in [-0.4, -0.2) is 95.8 Å². The summed E-state index contributed by atoms with van der Waals surface area (Å²) in [6.45, 7) is 0. The molecule has 13 nitrogen and oxygen atoms in total. The Labute approximate surface area is 217 Å². The van der Waals surface area contributed by atoms with Crippen molar-refractivity contribution < 1.29 is 44.3 Å². The van der Waals surface area contributed by atoms with Crippen LogP contribution in [0.2, 0.25) is 0 Å². The number of aliphatic hydroxyl groups excluding tert-OH is 2. The normalized spacial score (nSPS) is 26.6.